The number of nitrogens with one attached hydrogen (secondary N) is 2. The lowest BCUT2D eigenvalue weighted by atomic mass is 9.88. The fraction of sp³-hybridized carbons (Fsp3) is 0.375. The summed E-state index contributed by atoms with van der Waals surface area (Å²) in [6, 6.07) is 3.51. The summed E-state index contributed by atoms with van der Waals surface area (Å²) in [5, 5.41) is 6.86. The Hall–Kier alpha value is -3.82. The third-order valence-corrected chi connectivity index (χ3v) is 7.73. The number of nitrogens with zero attached hydrogens (tertiary/aromatic N) is 6. The molecule has 2 aliphatic heterocycles. The highest BCUT2D eigenvalue weighted by atomic mass is 127. The molecule has 2 saturated heterocycles. The minimum Gasteiger partial charge on any atom is -0.382 e. The molecule has 5 rings (SSSR count). The molecule has 0 radical (unpaired) electrons. The maximum Gasteiger partial charge on any atom is 0.302 e. The summed E-state index contributed by atoms with van der Waals surface area (Å²) in [6.45, 7) is 5.82. The van der Waals surface area contributed by atoms with Gasteiger partial charge in [-0.05, 0) is 61.4 Å². The van der Waals surface area contributed by atoms with Crippen LogP contribution < -0.4 is 27.5 Å². The smallest absolute Gasteiger partial charge is 0.302 e. The van der Waals surface area contributed by atoms with Gasteiger partial charge in [0.2, 0.25) is 5.43 Å². The molecule has 3 aromatic rings. The second kappa shape index (κ2) is 9.81. The van der Waals surface area contributed by atoms with Gasteiger partial charge in [0.1, 0.15) is 14.9 Å². The van der Waals surface area contributed by atoms with E-state index in [9.17, 15) is 14.4 Å². The molecule has 0 atom stereocenters. The molecule has 2 fully saturated rings. The third kappa shape index (κ3) is 4.63. The van der Waals surface area contributed by atoms with Crippen LogP contribution in [0.4, 0.5) is 11.6 Å². The van der Waals surface area contributed by atoms with Gasteiger partial charge in [0.25, 0.3) is 5.91 Å². The van der Waals surface area contributed by atoms with Crippen LogP contribution in [0.25, 0.3) is 11.0 Å². The van der Waals surface area contributed by atoms with Gasteiger partial charge in [-0.3, -0.25) is 14.4 Å². The Balaban J connectivity index is 1.30. The number of halogens is 1. The minimum atomic E-state index is -0.638. The number of hydrogen-bond acceptors (Lipinski definition) is 8. The number of likely N-dealkylation sites (tertiary alicyclic amines) is 1. The molecule has 198 valence electrons. The Morgan fingerprint density at radius 3 is 2.61 bits per heavy atom. The SMILES string of the molecule is CCn1cc(C(=O)N2CCC3(CC2)CN/C(=N\C(=O)c2nc(I)c(N)nc2N)N3)c(=O)c2ccc(C)nc21. The van der Waals surface area contributed by atoms with Gasteiger partial charge in [-0.1, -0.05) is 0 Å². The highest BCUT2D eigenvalue weighted by molar-refractivity contribution is 14.1. The first kappa shape index (κ1) is 25.8. The highest BCUT2D eigenvalue weighted by Crippen LogP contribution is 2.26. The maximum absolute atomic E-state index is 13.4. The molecule has 0 aliphatic carbocycles. The second-order valence-electron chi connectivity index (χ2n) is 9.43. The topological polar surface area (TPSA) is 187 Å². The minimum absolute atomic E-state index is 0.0699. The molecular weight excluding hydrogens is 603 g/mol. The van der Waals surface area contributed by atoms with E-state index in [1.165, 1.54) is 0 Å². The lowest BCUT2D eigenvalue weighted by Gasteiger charge is -2.38. The number of carbonyl (C=O) groups is 2. The van der Waals surface area contributed by atoms with Gasteiger partial charge in [0.05, 0.1) is 10.9 Å². The van der Waals surface area contributed by atoms with Crippen molar-refractivity contribution < 1.29 is 9.59 Å². The maximum atomic E-state index is 13.4. The molecule has 38 heavy (non-hydrogen) atoms. The molecule has 1 spiro atoms. The number of amides is 2. The van der Waals surface area contributed by atoms with E-state index in [0.29, 0.717) is 59.7 Å². The van der Waals surface area contributed by atoms with Crippen molar-refractivity contribution in [2.45, 2.75) is 38.8 Å². The van der Waals surface area contributed by atoms with Gasteiger partial charge in [0, 0.05) is 38.1 Å². The first-order chi connectivity index (χ1) is 18.1. The standard InChI is InChI=1S/C24H27IN10O3/c1-3-34-10-14(16(36)13-5-4-12(2)29-20(13)34)22(38)35-8-6-24(7-9-35)11-28-23(33-24)32-21(37)15-18(26)31-19(27)17(25)30-15/h4-5,10H,3,6-9,11H2,1-2H3,(H4,26,27,31)(H2,28,32,33,37). The van der Waals surface area contributed by atoms with E-state index in [0.717, 1.165) is 5.69 Å². The number of fused-ring (bicyclic) bond motifs is 1. The van der Waals surface area contributed by atoms with Crippen molar-refractivity contribution in [2.75, 3.05) is 31.1 Å². The fourth-order valence-corrected chi connectivity index (χ4v) is 5.14. The number of nitrogen functional groups attached to an aromatic ring is 2. The molecule has 2 amide bonds. The number of rotatable bonds is 3. The summed E-state index contributed by atoms with van der Waals surface area (Å²) in [5.74, 6) is -0.560. The van der Waals surface area contributed by atoms with Crippen molar-refractivity contribution in [3.05, 3.63) is 49.2 Å². The van der Waals surface area contributed by atoms with E-state index in [-0.39, 0.29) is 39.8 Å². The number of pyridine rings is 2. The number of nitrogens with two attached hydrogens (primary N) is 2. The van der Waals surface area contributed by atoms with Crippen molar-refractivity contribution in [1.29, 1.82) is 0 Å². The summed E-state index contributed by atoms with van der Waals surface area (Å²) in [5.41, 5.74) is 12.3. The van der Waals surface area contributed by atoms with Crippen molar-refractivity contribution in [1.82, 2.24) is 35.1 Å². The monoisotopic (exact) mass is 630 g/mol. The summed E-state index contributed by atoms with van der Waals surface area (Å²) < 4.78 is 2.20. The number of guanidine groups is 1. The van der Waals surface area contributed by atoms with Crippen LogP contribution in [0.5, 0.6) is 0 Å². The molecule has 0 bridgehead atoms. The van der Waals surface area contributed by atoms with Crippen LogP contribution >= 0.6 is 22.6 Å². The predicted octanol–water partition coefficient (Wildman–Crippen LogP) is 0.648. The second-order valence-corrected chi connectivity index (χ2v) is 10.5. The molecule has 5 heterocycles. The Kier molecular flexibility index (Phi) is 6.66. The summed E-state index contributed by atoms with van der Waals surface area (Å²) >= 11 is 1.87. The average molecular weight is 630 g/mol. The molecule has 2 aliphatic rings. The van der Waals surface area contributed by atoms with Crippen LogP contribution in [0.3, 0.4) is 0 Å². The van der Waals surface area contributed by atoms with Crippen LogP contribution in [0.2, 0.25) is 0 Å². The van der Waals surface area contributed by atoms with E-state index < -0.39 is 5.91 Å². The molecule has 0 unspecified atom stereocenters. The lowest BCUT2D eigenvalue weighted by molar-refractivity contribution is 0.0667. The first-order valence-electron chi connectivity index (χ1n) is 12.1. The zero-order chi connectivity index (χ0) is 27.2. The first-order valence-corrected chi connectivity index (χ1v) is 13.2. The molecule has 13 nitrogen and oxygen atoms in total. The molecule has 0 aromatic carbocycles. The summed E-state index contributed by atoms with van der Waals surface area (Å²) in [7, 11) is 0. The number of hydrogen-bond donors (Lipinski definition) is 4. The molecule has 0 saturated carbocycles. The zero-order valence-corrected chi connectivity index (χ0v) is 23.1. The van der Waals surface area contributed by atoms with Gasteiger partial charge < -0.3 is 31.6 Å². The molecule has 6 N–H and O–H groups in total. The van der Waals surface area contributed by atoms with Crippen molar-refractivity contribution in [3.8, 4) is 0 Å². The largest absolute Gasteiger partial charge is 0.382 e. The fourth-order valence-electron chi connectivity index (χ4n) is 4.78. The van der Waals surface area contributed by atoms with Crippen molar-refractivity contribution in [2.24, 2.45) is 4.99 Å². The Morgan fingerprint density at radius 1 is 1.16 bits per heavy atom. The summed E-state index contributed by atoms with van der Waals surface area (Å²) in [6.07, 6.45) is 2.83. The van der Waals surface area contributed by atoms with Crippen molar-refractivity contribution in [3.63, 3.8) is 0 Å². The van der Waals surface area contributed by atoms with Crippen LogP contribution in [0.15, 0.2) is 28.1 Å². The molecular formula is C24H27IN10O3. The van der Waals surface area contributed by atoms with Gasteiger partial charge in [0.15, 0.2) is 23.3 Å². The van der Waals surface area contributed by atoms with Crippen molar-refractivity contribution >= 4 is 63.0 Å². The average Bonchev–Trinajstić information content (AvgIpc) is 3.27. The zero-order valence-electron chi connectivity index (χ0n) is 20.9. The van der Waals surface area contributed by atoms with E-state index in [1.807, 2.05) is 41.0 Å². The molecule has 14 heteroatoms. The predicted molar refractivity (Wildman–Crippen MR) is 151 cm³/mol. The Morgan fingerprint density at radius 2 is 1.89 bits per heavy atom. The number of aromatic nitrogens is 4. The third-order valence-electron chi connectivity index (χ3n) is 6.94. The summed E-state index contributed by atoms with van der Waals surface area (Å²) in [4.78, 5) is 57.6. The number of carbonyl (C=O) groups excluding carboxylic acids is 2. The number of piperidine rings is 1. The molecule has 3 aromatic heterocycles. The normalized spacial score (nSPS) is 17.6. The van der Waals surface area contributed by atoms with Crippen LogP contribution in [-0.2, 0) is 6.54 Å². The van der Waals surface area contributed by atoms with Gasteiger partial charge in [-0.25, -0.2) is 15.0 Å². The highest BCUT2D eigenvalue weighted by Gasteiger charge is 2.41. The quantitative estimate of drug-likeness (QED) is 0.300. The van der Waals surface area contributed by atoms with E-state index >= 15 is 0 Å². The Labute approximate surface area is 231 Å². The van der Waals surface area contributed by atoms with Gasteiger partial charge >= 0.3 is 5.91 Å². The van der Waals surface area contributed by atoms with E-state index in [1.54, 1.807) is 23.2 Å². The van der Waals surface area contributed by atoms with Crippen LogP contribution in [-0.4, -0.2) is 67.4 Å². The van der Waals surface area contributed by atoms with Gasteiger partial charge in [-0.15, -0.1) is 0 Å². The van der Waals surface area contributed by atoms with E-state index in [4.69, 9.17) is 11.5 Å². The van der Waals surface area contributed by atoms with Gasteiger partial charge in [-0.2, -0.15) is 4.99 Å². The van der Waals surface area contributed by atoms with E-state index in [2.05, 4.69) is 30.6 Å². The number of aryl methyl sites for hydroxylation is 2. The Bertz CT molecular complexity index is 1560. The lowest BCUT2D eigenvalue weighted by Crippen LogP contribution is -2.54. The number of anilines is 2. The van der Waals surface area contributed by atoms with Crippen LogP contribution in [0, 0.1) is 10.6 Å². The van der Waals surface area contributed by atoms with Crippen LogP contribution in [0.1, 0.15) is 46.3 Å². The number of aliphatic imine (C=N–C) groups is 1.